The minimum absolute atomic E-state index is 0.170. The number of rotatable bonds is 6. The van der Waals surface area contributed by atoms with Crippen molar-refractivity contribution in [2.45, 2.75) is 45.1 Å². The number of methoxy groups -OCH3 is 1. The van der Waals surface area contributed by atoms with Crippen LogP contribution >= 0.6 is 0 Å². The fraction of sp³-hybridized carbons (Fsp3) is 0.643. The van der Waals surface area contributed by atoms with Gasteiger partial charge in [0.2, 0.25) is 0 Å². The first-order chi connectivity index (χ1) is 8.74. The average molecular weight is 250 g/mol. The first kappa shape index (κ1) is 13.5. The van der Waals surface area contributed by atoms with Crippen LogP contribution in [-0.4, -0.2) is 37.0 Å². The van der Waals surface area contributed by atoms with Crippen LogP contribution in [-0.2, 0) is 16.0 Å². The quantitative estimate of drug-likeness (QED) is 0.834. The summed E-state index contributed by atoms with van der Waals surface area (Å²) in [6.45, 7) is 5.60. The molecule has 1 N–H and O–H groups in total. The van der Waals surface area contributed by atoms with Crippen molar-refractivity contribution in [3.63, 3.8) is 0 Å². The molecule has 1 aromatic heterocycles. The maximum absolute atomic E-state index is 5.60. The number of aryl methyl sites for hydroxylation is 1. The summed E-state index contributed by atoms with van der Waals surface area (Å²) in [5.41, 5.74) is 2.25. The third kappa shape index (κ3) is 3.07. The lowest BCUT2D eigenvalue weighted by Gasteiger charge is -2.43. The van der Waals surface area contributed by atoms with E-state index in [-0.39, 0.29) is 12.2 Å². The zero-order valence-corrected chi connectivity index (χ0v) is 11.3. The normalized spacial score (nSPS) is 26.9. The molecule has 1 saturated carbocycles. The highest BCUT2D eigenvalue weighted by molar-refractivity contribution is 5.13. The first-order valence-electron chi connectivity index (χ1n) is 6.54. The third-order valence-corrected chi connectivity index (χ3v) is 3.44. The lowest BCUT2D eigenvalue weighted by Crippen LogP contribution is -2.59. The fourth-order valence-corrected chi connectivity index (χ4v) is 2.33. The van der Waals surface area contributed by atoms with Crippen molar-refractivity contribution >= 4 is 0 Å². The Bertz CT molecular complexity index is 367. The molecule has 4 nitrogen and oxygen atoms in total. The van der Waals surface area contributed by atoms with Gasteiger partial charge in [0.1, 0.15) is 0 Å². The van der Waals surface area contributed by atoms with Gasteiger partial charge in [0.05, 0.1) is 12.2 Å². The predicted molar refractivity (Wildman–Crippen MR) is 70.4 cm³/mol. The van der Waals surface area contributed by atoms with Crippen molar-refractivity contribution < 1.29 is 9.47 Å². The van der Waals surface area contributed by atoms with Crippen LogP contribution in [0.15, 0.2) is 18.3 Å². The molecule has 1 fully saturated rings. The molecule has 0 saturated heterocycles. The minimum atomic E-state index is 0.170. The SMILES string of the molecule is CCOC1CC(NCc2ccc(C)nc2)C1OC. The minimum Gasteiger partial charge on any atom is -0.377 e. The molecular weight excluding hydrogens is 228 g/mol. The molecule has 100 valence electrons. The Morgan fingerprint density at radius 3 is 2.89 bits per heavy atom. The monoisotopic (exact) mass is 250 g/mol. The van der Waals surface area contributed by atoms with Crippen molar-refractivity contribution in [2.24, 2.45) is 0 Å². The molecule has 0 spiro atoms. The van der Waals surface area contributed by atoms with Crippen LogP contribution in [0.4, 0.5) is 0 Å². The summed E-state index contributed by atoms with van der Waals surface area (Å²) in [6, 6.07) is 4.53. The van der Waals surface area contributed by atoms with Crippen LogP contribution in [0.1, 0.15) is 24.6 Å². The second kappa shape index (κ2) is 6.27. The number of hydrogen-bond acceptors (Lipinski definition) is 4. The van der Waals surface area contributed by atoms with Crippen LogP contribution in [0, 0.1) is 6.92 Å². The second-order valence-corrected chi connectivity index (χ2v) is 4.73. The molecule has 3 atom stereocenters. The van der Waals surface area contributed by atoms with E-state index < -0.39 is 0 Å². The molecule has 1 aliphatic rings. The van der Waals surface area contributed by atoms with Crippen LogP contribution in [0.3, 0.4) is 0 Å². The van der Waals surface area contributed by atoms with Gasteiger partial charge in [0.25, 0.3) is 0 Å². The molecule has 0 radical (unpaired) electrons. The van der Waals surface area contributed by atoms with Gasteiger partial charge in [-0.05, 0) is 31.9 Å². The smallest absolute Gasteiger partial charge is 0.0986 e. The van der Waals surface area contributed by atoms with E-state index in [1.807, 2.05) is 26.1 Å². The predicted octanol–water partition coefficient (Wildman–Crippen LogP) is 1.67. The molecule has 4 heteroatoms. The molecule has 0 bridgehead atoms. The summed E-state index contributed by atoms with van der Waals surface area (Å²) in [7, 11) is 1.75. The van der Waals surface area contributed by atoms with E-state index in [4.69, 9.17) is 9.47 Å². The lowest BCUT2D eigenvalue weighted by atomic mass is 9.85. The van der Waals surface area contributed by atoms with Gasteiger partial charge in [-0.3, -0.25) is 4.98 Å². The van der Waals surface area contributed by atoms with Crippen molar-refractivity contribution in [3.05, 3.63) is 29.6 Å². The summed E-state index contributed by atoms with van der Waals surface area (Å²) < 4.78 is 11.1. The molecule has 1 heterocycles. The van der Waals surface area contributed by atoms with Gasteiger partial charge < -0.3 is 14.8 Å². The number of aromatic nitrogens is 1. The van der Waals surface area contributed by atoms with E-state index in [0.717, 1.165) is 25.3 Å². The van der Waals surface area contributed by atoms with Crippen molar-refractivity contribution in [2.75, 3.05) is 13.7 Å². The van der Waals surface area contributed by atoms with Gasteiger partial charge in [-0.2, -0.15) is 0 Å². The lowest BCUT2D eigenvalue weighted by molar-refractivity contribution is -0.131. The number of ether oxygens (including phenoxy) is 2. The summed E-state index contributed by atoms with van der Waals surface area (Å²) in [5.74, 6) is 0. The van der Waals surface area contributed by atoms with Crippen LogP contribution in [0.25, 0.3) is 0 Å². The summed E-state index contributed by atoms with van der Waals surface area (Å²) >= 11 is 0. The molecular formula is C14H22N2O2. The van der Waals surface area contributed by atoms with Gasteiger partial charge in [0, 0.05) is 38.2 Å². The average Bonchev–Trinajstić information content (AvgIpc) is 2.35. The number of pyridine rings is 1. The highest BCUT2D eigenvalue weighted by Gasteiger charge is 2.41. The highest BCUT2D eigenvalue weighted by atomic mass is 16.5. The maximum atomic E-state index is 5.60. The number of nitrogens with one attached hydrogen (secondary N) is 1. The molecule has 2 rings (SSSR count). The Morgan fingerprint density at radius 2 is 2.28 bits per heavy atom. The number of nitrogens with zero attached hydrogens (tertiary/aromatic N) is 1. The van der Waals surface area contributed by atoms with E-state index >= 15 is 0 Å². The number of hydrogen-bond donors (Lipinski definition) is 1. The molecule has 0 amide bonds. The third-order valence-electron chi connectivity index (χ3n) is 3.44. The van der Waals surface area contributed by atoms with Gasteiger partial charge in [-0.25, -0.2) is 0 Å². The van der Waals surface area contributed by atoms with Gasteiger partial charge in [-0.15, -0.1) is 0 Å². The topological polar surface area (TPSA) is 43.4 Å². The molecule has 18 heavy (non-hydrogen) atoms. The van der Waals surface area contributed by atoms with Crippen LogP contribution < -0.4 is 5.32 Å². The van der Waals surface area contributed by atoms with E-state index in [1.165, 1.54) is 5.56 Å². The van der Waals surface area contributed by atoms with Crippen molar-refractivity contribution in [1.29, 1.82) is 0 Å². The highest BCUT2D eigenvalue weighted by Crippen LogP contribution is 2.27. The van der Waals surface area contributed by atoms with E-state index in [2.05, 4.69) is 16.4 Å². The Balaban J connectivity index is 1.79. The first-order valence-corrected chi connectivity index (χ1v) is 6.54. The molecule has 1 aliphatic carbocycles. The van der Waals surface area contributed by atoms with E-state index in [0.29, 0.717) is 6.04 Å². The summed E-state index contributed by atoms with van der Waals surface area (Å²) in [4.78, 5) is 4.29. The molecule has 0 aliphatic heterocycles. The van der Waals surface area contributed by atoms with Gasteiger partial charge in [-0.1, -0.05) is 6.07 Å². The largest absolute Gasteiger partial charge is 0.377 e. The van der Waals surface area contributed by atoms with Gasteiger partial charge in [0.15, 0.2) is 0 Å². The summed E-state index contributed by atoms with van der Waals surface area (Å²) in [5, 5.41) is 3.50. The van der Waals surface area contributed by atoms with Crippen LogP contribution in [0.5, 0.6) is 0 Å². The van der Waals surface area contributed by atoms with Crippen LogP contribution in [0.2, 0.25) is 0 Å². The maximum Gasteiger partial charge on any atom is 0.0986 e. The fourth-order valence-electron chi connectivity index (χ4n) is 2.33. The second-order valence-electron chi connectivity index (χ2n) is 4.73. The Morgan fingerprint density at radius 1 is 1.44 bits per heavy atom. The Kier molecular flexibility index (Phi) is 4.69. The Hall–Kier alpha value is -0.970. The van der Waals surface area contributed by atoms with Crippen molar-refractivity contribution in [3.8, 4) is 0 Å². The standard InChI is InChI=1S/C14H22N2O2/c1-4-18-13-7-12(14(13)17-3)16-9-11-6-5-10(2)15-8-11/h5-6,8,12-14,16H,4,7,9H2,1-3H3. The molecule has 3 unspecified atom stereocenters. The van der Waals surface area contributed by atoms with E-state index in [1.54, 1.807) is 7.11 Å². The Labute approximate surface area is 109 Å². The molecule has 0 aromatic carbocycles. The molecule has 1 aromatic rings. The van der Waals surface area contributed by atoms with E-state index in [9.17, 15) is 0 Å². The zero-order valence-electron chi connectivity index (χ0n) is 11.3. The summed E-state index contributed by atoms with van der Waals surface area (Å²) in [6.07, 6.45) is 3.35. The van der Waals surface area contributed by atoms with Crippen molar-refractivity contribution in [1.82, 2.24) is 10.3 Å². The van der Waals surface area contributed by atoms with Gasteiger partial charge >= 0.3 is 0 Å². The zero-order chi connectivity index (χ0) is 13.0.